The van der Waals surface area contributed by atoms with E-state index in [0.29, 0.717) is 0 Å². The molecule has 1 heterocycles. The van der Waals surface area contributed by atoms with Crippen molar-refractivity contribution in [1.82, 2.24) is 15.1 Å². The van der Waals surface area contributed by atoms with Crippen LogP contribution in [0.4, 0.5) is 0 Å². The van der Waals surface area contributed by atoms with E-state index in [-0.39, 0.29) is 6.04 Å². The number of likely N-dealkylation sites (N-methyl/N-ethyl adjacent to an activating group) is 1. The lowest BCUT2D eigenvalue weighted by Gasteiger charge is -2.20. The molecule has 0 saturated heterocycles. The van der Waals surface area contributed by atoms with Crippen LogP contribution in [0.25, 0.3) is 0 Å². The van der Waals surface area contributed by atoms with Crippen LogP contribution < -0.4 is 10.1 Å². The Balaban J connectivity index is 2.30. The third kappa shape index (κ3) is 3.22. The number of methoxy groups -OCH3 is 1. The number of para-hydroxylation sites is 1. The third-order valence-corrected chi connectivity index (χ3v) is 3.95. The number of halogens is 1. The molecule has 1 unspecified atom stereocenters. The van der Waals surface area contributed by atoms with Crippen molar-refractivity contribution in [2.45, 2.75) is 19.4 Å². The first-order valence-electron chi connectivity index (χ1n) is 6.70. The maximum Gasteiger partial charge on any atom is 0.122 e. The minimum Gasteiger partial charge on any atom is -0.496 e. The summed E-state index contributed by atoms with van der Waals surface area (Å²) in [5.41, 5.74) is 2.34. The van der Waals surface area contributed by atoms with Gasteiger partial charge in [-0.05, 0) is 40.5 Å². The van der Waals surface area contributed by atoms with Gasteiger partial charge >= 0.3 is 0 Å². The Labute approximate surface area is 128 Å². The SMILES string of the molecule is CCNC(Cc1ccccc1OC)c1c(Br)cnn1C. The fourth-order valence-electron chi connectivity index (χ4n) is 2.42. The topological polar surface area (TPSA) is 39.1 Å². The molecule has 0 aliphatic heterocycles. The number of nitrogens with zero attached hydrogens (tertiary/aromatic N) is 2. The fourth-order valence-corrected chi connectivity index (χ4v) is 3.04. The van der Waals surface area contributed by atoms with Crippen LogP contribution in [0, 0.1) is 0 Å². The second-order valence-electron chi connectivity index (χ2n) is 4.63. The normalized spacial score (nSPS) is 12.4. The van der Waals surface area contributed by atoms with E-state index in [1.54, 1.807) is 7.11 Å². The zero-order valence-electron chi connectivity index (χ0n) is 12.1. The summed E-state index contributed by atoms with van der Waals surface area (Å²) in [4.78, 5) is 0. The summed E-state index contributed by atoms with van der Waals surface area (Å²) in [5.74, 6) is 0.925. The van der Waals surface area contributed by atoms with Gasteiger partial charge in [0.05, 0.1) is 29.5 Å². The van der Waals surface area contributed by atoms with Crippen LogP contribution in [-0.2, 0) is 13.5 Å². The molecule has 0 amide bonds. The van der Waals surface area contributed by atoms with Gasteiger partial charge in [0.25, 0.3) is 0 Å². The van der Waals surface area contributed by atoms with E-state index in [4.69, 9.17) is 4.74 Å². The molecule has 0 aliphatic carbocycles. The highest BCUT2D eigenvalue weighted by Gasteiger charge is 2.19. The van der Waals surface area contributed by atoms with Crippen molar-refractivity contribution in [3.63, 3.8) is 0 Å². The molecule has 0 fully saturated rings. The second kappa shape index (κ2) is 6.90. The minimum atomic E-state index is 0.193. The van der Waals surface area contributed by atoms with Crippen molar-refractivity contribution in [2.75, 3.05) is 13.7 Å². The predicted molar refractivity (Wildman–Crippen MR) is 84.0 cm³/mol. The zero-order chi connectivity index (χ0) is 14.5. The molecule has 1 N–H and O–H groups in total. The Morgan fingerprint density at radius 1 is 1.40 bits per heavy atom. The lowest BCUT2D eigenvalue weighted by Crippen LogP contribution is -2.25. The van der Waals surface area contributed by atoms with E-state index < -0.39 is 0 Å². The number of hydrogen-bond donors (Lipinski definition) is 1. The summed E-state index contributed by atoms with van der Waals surface area (Å²) in [5, 5.41) is 7.82. The summed E-state index contributed by atoms with van der Waals surface area (Å²) >= 11 is 3.58. The highest BCUT2D eigenvalue weighted by Crippen LogP contribution is 2.28. The number of nitrogens with one attached hydrogen (secondary N) is 1. The largest absolute Gasteiger partial charge is 0.496 e. The summed E-state index contributed by atoms with van der Waals surface area (Å²) in [7, 11) is 3.67. The molecule has 108 valence electrons. The summed E-state index contributed by atoms with van der Waals surface area (Å²) in [6.07, 6.45) is 2.69. The number of aryl methyl sites for hydroxylation is 1. The van der Waals surface area contributed by atoms with E-state index in [0.717, 1.165) is 28.9 Å². The first-order valence-corrected chi connectivity index (χ1v) is 7.49. The van der Waals surface area contributed by atoms with Gasteiger partial charge in [0.2, 0.25) is 0 Å². The number of rotatable bonds is 6. The smallest absolute Gasteiger partial charge is 0.122 e. The lowest BCUT2D eigenvalue weighted by atomic mass is 10.0. The van der Waals surface area contributed by atoms with Gasteiger partial charge in [0.15, 0.2) is 0 Å². The Kier molecular flexibility index (Phi) is 5.20. The van der Waals surface area contributed by atoms with Gasteiger partial charge in [0.1, 0.15) is 5.75 Å². The van der Waals surface area contributed by atoms with Crippen LogP contribution in [-0.4, -0.2) is 23.4 Å². The quantitative estimate of drug-likeness (QED) is 0.880. The Bertz CT molecular complexity index is 548. The number of hydrogen-bond acceptors (Lipinski definition) is 3. The second-order valence-corrected chi connectivity index (χ2v) is 5.48. The monoisotopic (exact) mass is 337 g/mol. The van der Waals surface area contributed by atoms with Crippen LogP contribution in [0.5, 0.6) is 5.75 Å². The number of aromatic nitrogens is 2. The van der Waals surface area contributed by atoms with Gasteiger partial charge in [-0.1, -0.05) is 25.1 Å². The fraction of sp³-hybridized carbons (Fsp3) is 0.400. The van der Waals surface area contributed by atoms with Crippen LogP contribution in [0.15, 0.2) is 34.9 Å². The minimum absolute atomic E-state index is 0.193. The summed E-state index contributed by atoms with van der Waals surface area (Å²) in [6.45, 7) is 3.01. The maximum absolute atomic E-state index is 5.44. The predicted octanol–water partition coefficient (Wildman–Crippen LogP) is 3.08. The maximum atomic E-state index is 5.44. The highest BCUT2D eigenvalue weighted by atomic mass is 79.9. The Morgan fingerprint density at radius 2 is 2.15 bits per heavy atom. The first kappa shape index (κ1) is 15.1. The van der Waals surface area contributed by atoms with Gasteiger partial charge < -0.3 is 10.1 Å². The molecule has 4 nitrogen and oxygen atoms in total. The van der Waals surface area contributed by atoms with E-state index in [1.807, 2.05) is 36.1 Å². The molecule has 0 aliphatic rings. The van der Waals surface area contributed by atoms with Crippen LogP contribution >= 0.6 is 15.9 Å². The summed E-state index contributed by atoms with van der Waals surface area (Å²) < 4.78 is 8.38. The molecule has 0 radical (unpaired) electrons. The van der Waals surface area contributed by atoms with Gasteiger partial charge in [-0.3, -0.25) is 4.68 Å². The molecule has 5 heteroatoms. The molecule has 1 aromatic carbocycles. The molecule has 0 bridgehead atoms. The molecular weight excluding hydrogens is 318 g/mol. The molecule has 2 rings (SSSR count). The molecule has 0 spiro atoms. The highest BCUT2D eigenvalue weighted by molar-refractivity contribution is 9.10. The van der Waals surface area contributed by atoms with Crippen molar-refractivity contribution < 1.29 is 4.74 Å². The van der Waals surface area contributed by atoms with Crippen LogP contribution in [0.3, 0.4) is 0 Å². The molecule has 0 saturated carbocycles. The molecule has 1 atom stereocenters. The van der Waals surface area contributed by atoms with Crippen LogP contribution in [0.1, 0.15) is 24.2 Å². The van der Waals surface area contributed by atoms with Gasteiger partial charge in [0, 0.05) is 7.05 Å². The zero-order valence-corrected chi connectivity index (χ0v) is 13.6. The molecule has 2 aromatic rings. The van der Waals surface area contributed by atoms with E-state index >= 15 is 0 Å². The Morgan fingerprint density at radius 3 is 2.75 bits per heavy atom. The van der Waals surface area contributed by atoms with Gasteiger partial charge in [-0.25, -0.2) is 0 Å². The Hall–Kier alpha value is -1.33. The van der Waals surface area contributed by atoms with E-state index in [9.17, 15) is 0 Å². The molecular formula is C15H20BrN3O. The lowest BCUT2D eigenvalue weighted by molar-refractivity contribution is 0.404. The van der Waals surface area contributed by atoms with Crippen LogP contribution in [0.2, 0.25) is 0 Å². The van der Waals surface area contributed by atoms with Crippen molar-refractivity contribution in [1.29, 1.82) is 0 Å². The first-order chi connectivity index (χ1) is 9.67. The van der Waals surface area contributed by atoms with E-state index in [2.05, 4.69) is 39.3 Å². The number of ether oxygens (including phenoxy) is 1. The molecule has 20 heavy (non-hydrogen) atoms. The van der Waals surface area contributed by atoms with Crippen molar-refractivity contribution in [3.8, 4) is 5.75 Å². The number of benzene rings is 1. The van der Waals surface area contributed by atoms with E-state index in [1.165, 1.54) is 5.56 Å². The van der Waals surface area contributed by atoms with Gasteiger partial charge in [-0.2, -0.15) is 5.10 Å². The summed E-state index contributed by atoms with van der Waals surface area (Å²) in [6, 6.07) is 8.33. The standard InChI is InChI=1S/C15H20BrN3O/c1-4-17-13(15-12(16)10-18-19(15)2)9-11-7-5-6-8-14(11)20-3/h5-8,10,13,17H,4,9H2,1-3H3. The van der Waals surface area contributed by atoms with Crippen molar-refractivity contribution in [2.24, 2.45) is 7.05 Å². The van der Waals surface area contributed by atoms with Crippen molar-refractivity contribution >= 4 is 15.9 Å². The van der Waals surface area contributed by atoms with Crippen molar-refractivity contribution in [3.05, 3.63) is 46.2 Å². The molecule has 1 aromatic heterocycles. The average molecular weight is 338 g/mol. The third-order valence-electron chi connectivity index (χ3n) is 3.33. The average Bonchev–Trinajstić information content (AvgIpc) is 2.78. The van der Waals surface area contributed by atoms with Gasteiger partial charge in [-0.15, -0.1) is 0 Å².